The molecule has 0 aromatic carbocycles. The molecule has 0 amide bonds. The van der Waals surface area contributed by atoms with Crippen LogP contribution in [0.2, 0.25) is 0 Å². The number of fused-ring (bicyclic) bond motifs is 1. The molecule has 0 aliphatic carbocycles. The van der Waals surface area contributed by atoms with E-state index in [-0.39, 0.29) is 0 Å². The van der Waals surface area contributed by atoms with Gasteiger partial charge in [-0.15, -0.1) is 5.10 Å². The summed E-state index contributed by atoms with van der Waals surface area (Å²) in [5, 5.41) is 4.02. The highest BCUT2D eigenvalue weighted by atomic mass is 16.5. The summed E-state index contributed by atoms with van der Waals surface area (Å²) < 4.78 is 6.69. The Balaban J connectivity index is 2.47. The van der Waals surface area contributed by atoms with E-state index < -0.39 is 0 Å². The lowest BCUT2D eigenvalue weighted by atomic mass is 10.6. The van der Waals surface area contributed by atoms with Gasteiger partial charge in [-0.2, -0.15) is 9.50 Å². The average Bonchev–Trinajstić information content (AvgIpc) is 2.47. The standard InChI is InChI=1S/C7H8N4O/c1-2-12-7-9-6-3-4-8-5-11(6)10-7/h3-5H,2H2,1H3. The van der Waals surface area contributed by atoms with Gasteiger partial charge in [0.15, 0.2) is 5.65 Å². The Morgan fingerprint density at radius 3 is 3.25 bits per heavy atom. The molecule has 2 aromatic heterocycles. The monoisotopic (exact) mass is 164 g/mol. The molecule has 0 aliphatic heterocycles. The summed E-state index contributed by atoms with van der Waals surface area (Å²) in [6.07, 6.45) is 3.25. The number of ether oxygens (including phenoxy) is 1. The number of hydrogen-bond acceptors (Lipinski definition) is 4. The van der Waals surface area contributed by atoms with Crippen molar-refractivity contribution in [2.75, 3.05) is 6.61 Å². The van der Waals surface area contributed by atoms with Crippen molar-refractivity contribution in [1.82, 2.24) is 19.6 Å². The van der Waals surface area contributed by atoms with Crippen LogP contribution in [-0.4, -0.2) is 26.2 Å². The van der Waals surface area contributed by atoms with E-state index >= 15 is 0 Å². The van der Waals surface area contributed by atoms with Crippen molar-refractivity contribution >= 4 is 5.65 Å². The van der Waals surface area contributed by atoms with E-state index in [9.17, 15) is 0 Å². The second-order valence-electron chi connectivity index (χ2n) is 2.21. The van der Waals surface area contributed by atoms with E-state index in [1.807, 2.05) is 6.92 Å². The second-order valence-corrected chi connectivity index (χ2v) is 2.21. The van der Waals surface area contributed by atoms with Gasteiger partial charge >= 0.3 is 6.01 Å². The molecule has 0 atom stereocenters. The van der Waals surface area contributed by atoms with Gasteiger partial charge in [-0.05, 0) is 6.92 Å². The summed E-state index contributed by atoms with van der Waals surface area (Å²) in [6, 6.07) is 2.17. The Hall–Kier alpha value is -1.65. The fourth-order valence-electron chi connectivity index (χ4n) is 0.915. The molecule has 0 N–H and O–H groups in total. The topological polar surface area (TPSA) is 52.3 Å². The lowest BCUT2D eigenvalue weighted by Crippen LogP contribution is -1.93. The molecule has 12 heavy (non-hydrogen) atoms. The van der Waals surface area contributed by atoms with E-state index in [1.165, 1.54) is 0 Å². The third kappa shape index (κ3) is 1.09. The van der Waals surface area contributed by atoms with Crippen LogP contribution >= 0.6 is 0 Å². The van der Waals surface area contributed by atoms with Gasteiger partial charge in [-0.3, -0.25) is 0 Å². The fraction of sp³-hybridized carbons (Fsp3) is 0.286. The van der Waals surface area contributed by atoms with Crippen LogP contribution < -0.4 is 4.74 Å². The molecular formula is C7H8N4O. The van der Waals surface area contributed by atoms with Gasteiger partial charge in [0, 0.05) is 12.3 Å². The molecule has 5 nitrogen and oxygen atoms in total. The van der Waals surface area contributed by atoms with Crippen LogP contribution in [0.15, 0.2) is 18.6 Å². The normalized spacial score (nSPS) is 10.4. The van der Waals surface area contributed by atoms with Crippen molar-refractivity contribution in [3.63, 3.8) is 0 Å². The van der Waals surface area contributed by atoms with E-state index in [2.05, 4.69) is 15.1 Å². The molecule has 0 spiro atoms. The van der Waals surface area contributed by atoms with Crippen LogP contribution in [0.25, 0.3) is 5.65 Å². The number of rotatable bonds is 2. The highest BCUT2D eigenvalue weighted by Gasteiger charge is 2.01. The van der Waals surface area contributed by atoms with Gasteiger partial charge in [0.1, 0.15) is 6.33 Å². The summed E-state index contributed by atoms with van der Waals surface area (Å²) in [5.74, 6) is 0. The van der Waals surface area contributed by atoms with Crippen LogP contribution in [0, 0.1) is 0 Å². The van der Waals surface area contributed by atoms with Gasteiger partial charge in [0.05, 0.1) is 6.61 Å². The molecule has 0 bridgehead atoms. The van der Waals surface area contributed by atoms with Gasteiger partial charge < -0.3 is 4.74 Å². The molecular weight excluding hydrogens is 156 g/mol. The lowest BCUT2D eigenvalue weighted by Gasteiger charge is -1.90. The lowest BCUT2D eigenvalue weighted by molar-refractivity contribution is 0.313. The smallest absolute Gasteiger partial charge is 0.336 e. The first-order chi connectivity index (χ1) is 5.90. The van der Waals surface area contributed by atoms with Gasteiger partial charge in [0.25, 0.3) is 0 Å². The van der Waals surface area contributed by atoms with E-state index in [1.54, 1.807) is 23.1 Å². The molecule has 62 valence electrons. The van der Waals surface area contributed by atoms with Crippen molar-refractivity contribution in [3.8, 4) is 6.01 Å². The van der Waals surface area contributed by atoms with Crippen molar-refractivity contribution in [3.05, 3.63) is 18.6 Å². The van der Waals surface area contributed by atoms with Crippen LogP contribution in [0.1, 0.15) is 6.92 Å². The molecule has 0 saturated carbocycles. The molecule has 2 rings (SSSR count). The van der Waals surface area contributed by atoms with E-state index in [0.29, 0.717) is 12.6 Å². The maximum Gasteiger partial charge on any atom is 0.336 e. The minimum atomic E-state index is 0.394. The zero-order chi connectivity index (χ0) is 8.39. The Labute approximate surface area is 69.0 Å². The Morgan fingerprint density at radius 2 is 2.50 bits per heavy atom. The first kappa shape index (κ1) is 7.02. The van der Waals surface area contributed by atoms with Gasteiger partial charge in [0.2, 0.25) is 0 Å². The highest BCUT2D eigenvalue weighted by molar-refractivity contribution is 5.35. The first-order valence-corrected chi connectivity index (χ1v) is 3.69. The van der Waals surface area contributed by atoms with Crippen LogP contribution in [-0.2, 0) is 0 Å². The zero-order valence-corrected chi connectivity index (χ0v) is 6.64. The minimum Gasteiger partial charge on any atom is -0.463 e. The Morgan fingerprint density at radius 1 is 1.58 bits per heavy atom. The molecule has 5 heteroatoms. The van der Waals surface area contributed by atoms with Gasteiger partial charge in [-0.1, -0.05) is 0 Å². The first-order valence-electron chi connectivity index (χ1n) is 3.69. The molecule has 0 aliphatic rings. The summed E-state index contributed by atoms with van der Waals surface area (Å²) in [5.41, 5.74) is 0.744. The van der Waals surface area contributed by atoms with Crippen LogP contribution in [0.4, 0.5) is 0 Å². The summed E-state index contributed by atoms with van der Waals surface area (Å²) >= 11 is 0. The van der Waals surface area contributed by atoms with Crippen molar-refractivity contribution in [2.45, 2.75) is 6.92 Å². The number of hydrogen-bond donors (Lipinski definition) is 0. The van der Waals surface area contributed by atoms with Gasteiger partial charge in [-0.25, -0.2) is 4.98 Å². The Kier molecular flexibility index (Phi) is 1.62. The maximum atomic E-state index is 5.12. The molecule has 0 unspecified atom stereocenters. The number of aromatic nitrogens is 4. The van der Waals surface area contributed by atoms with Crippen LogP contribution in [0.3, 0.4) is 0 Å². The summed E-state index contributed by atoms with van der Waals surface area (Å²) in [6.45, 7) is 2.47. The third-order valence-corrected chi connectivity index (χ3v) is 1.40. The number of nitrogens with zero attached hydrogens (tertiary/aromatic N) is 4. The van der Waals surface area contributed by atoms with E-state index in [0.717, 1.165) is 5.65 Å². The fourth-order valence-corrected chi connectivity index (χ4v) is 0.915. The van der Waals surface area contributed by atoms with Crippen molar-refractivity contribution in [1.29, 1.82) is 0 Å². The molecule has 0 saturated heterocycles. The van der Waals surface area contributed by atoms with E-state index in [4.69, 9.17) is 4.74 Å². The highest BCUT2D eigenvalue weighted by Crippen LogP contribution is 2.04. The largest absolute Gasteiger partial charge is 0.463 e. The molecule has 0 radical (unpaired) electrons. The third-order valence-electron chi connectivity index (χ3n) is 1.40. The molecule has 2 heterocycles. The van der Waals surface area contributed by atoms with Crippen LogP contribution in [0.5, 0.6) is 6.01 Å². The second kappa shape index (κ2) is 2.77. The zero-order valence-electron chi connectivity index (χ0n) is 6.64. The minimum absolute atomic E-state index is 0.394. The molecule has 2 aromatic rings. The summed E-state index contributed by atoms with van der Waals surface area (Å²) in [4.78, 5) is 7.98. The van der Waals surface area contributed by atoms with Crippen molar-refractivity contribution in [2.24, 2.45) is 0 Å². The predicted molar refractivity (Wildman–Crippen MR) is 42.0 cm³/mol. The Bertz CT molecular complexity index is 351. The summed E-state index contributed by atoms with van der Waals surface area (Å²) in [7, 11) is 0. The quantitative estimate of drug-likeness (QED) is 0.649. The SMILES string of the molecule is CCOc1nc2ccncn2n1. The maximum absolute atomic E-state index is 5.12. The predicted octanol–water partition coefficient (Wildman–Crippen LogP) is 0.523. The molecule has 0 fully saturated rings. The average molecular weight is 164 g/mol. The van der Waals surface area contributed by atoms with Crippen molar-refractivity contribution < 1.29 is 4.74 Å².